The normalized spacial score (nSPS) is 16.7. The summed E-state index contributed by atoms with van der Waals surface area (Å²) in [5.41, 5.74) is 2.68. The fourth-order valence-corrected chi connectivity index (χ4v) is 4.17. The van der Waals surface area contributed by atoms with Crippen molar-refractivity contribution in [1.82, 2.24) is 19.7 Å². The molecule has 1 fully saturated rings. The number of hydrogen-bond acceptors (Lipinski definition) is 4. The van der Waals surface area contributed by atoms with Crippen molar-refractivity contribution in [2.24, 2.45) is 0 Å². The first kappa shape index (κ1) is 20.2. The Hall–Kier alpha value is -3.13. The van der Waals surface area contributed by atoms with Gasteiger partial charge in [-0.1, -0.05) is 18.2 Å². The Morgan fingerprint density at radius 2 is 2.17 bits per heavy atom. The Kier molecular flexibility index (Phi) is 6.13. The first-order valence-electron chi connectivity index (χ1n) is 10.3. The highest BCUT2D eigenvalue weighted by Crippen LogP contribution is 2.30. The zero-order valence-electron chi connectivity index (χ0n) is 17.1. The number of carbonyl (C=O) groups is 2. The van der Waals surface area contributed by atoms with Gasteiger partial charge in [0.1, 0.15) is 6.61 Å². The van der Waals surface area contributed by atoms with Crippen LogP contribution in [0.2, 0.25) is 0 Å². The van der Waals surface area contributed by atoms with Crippen molar-refractivity contribution in [1.29, 1.82) is 0 Å². The molecule has 0 radical (unpaired) electrons. The molecule has 3 aromatic rings. The highest BCUT2D eigenvalue weighted by Gasteiger charge is 2.27. The lowest BCUT2D eigenvalue weighted by Gasteiger charge is -2.33. The van der Waals surface area contributed by atoms with Crippen molar-refractivity contribution in [3.8, 4) is 0 Å². The first-order valence-corrected chi connectivity index (χ1v) is 10.3. The van der Waals surface area contributed by atoms with E-state index in [0.29, 0.717) is 25.2 Å². The minimum absolute atomic E-state index is 0.00598. The molecule has 0 spiro atoms. The molecule has 1 saturated heterocycles. The number of hydrogen-bond donors (Lipinski definition) is 2. The third-order valence-electron chi connectivity index (χ3n) is 5.65. The minimum Gasteiger partial charge on any atom is -0.375 e. The number of nitrogens with zero attached hydrogens (tertiary/aromatic N) is 3. The number of para-hydroxylation sites is 1. The number of benzene rings is 1. The van der Waals surface area contributed by atoms with Crippen molar-refractivity contribution in [2.45, 2.75) is 31.7 Å². The molecule has 8 nitrogen and oxygen atoms in total. The summed E-state index contributed by atoms with van der Waals surface area (Å²) in [5.74, 6) is 0.0558. The van der Waals surface area contributed by atoms with E-state index in [0.717, 1.165) is 30.6 Å². The molecule has 2 amide bonds. The third kappa shape index (κ3) is 4.38. The smallest absolute Gasteiger partial charge is 0.250 e. The lowest BCUT2D eigenvalue weighted by molar-refractivity contribution is -0.132. The number of fused-ring (bicyclic) bond motifs is 1. The van der Waals surface area contributed by atoms with Crippen LogP contribution in [0.5, 0.6) is 0 Å². The molecule has 1 aliphatic heterocycles. The first-order chi connectivity index (χ1) is 14.7. The van der Waals surface area contributed by atoms with E-state index in [1.165, 1.54) is 12.5 Å². The van der Waals surface area contributed by atoms with E-state index < -0.39 is 0 Å². The van der Waals surface area contributed by atoms with Crippen molar-refractivity contribution in [3.05, 3.63) is 48.4 Å². The highest BCUT2D eigenvalue weighted by molar-refractivity contribution is 5.92. The zero-order chi connectivity index (χ0) is 20.9. The van der Waals surface area contributed by atoms with E-state index in [9.17, 15) is 9.59 Å². The standard InChI is InChI=1S/C22H27N5O3/c1-30-15-20(28)24-18-13-23-25-22(18)17-6-4-10-27(14-17)21(29)9-12-26-11-8-16-5-2-3-7-19(16)26/h2-3,5,7-8,11,13,17H,4,6,9-10,12,14-15H2,1H3,(H,23,25)(H,24,28)/t17-/m1/s1. The largest absolute Gasteiger partial charge is 0.375 e. The Labute approximate surface area is 175 Å². The van der Waals surface area contributed by atoms with Gasteiger partial charge in [-0.05, 0) is 30.4 Å². The fourth-order valence-electron chi connectivity index (χ4n) is 4.17. The number of nitrogens with one attached hydrogen (secondary N) is 2. The predicted molar refractivity (Wildman–Crippen MR) is 114 cm³/mol. The van der Waals surface area contributed by atoms with Crippen LogP contribution in [0.4, 0.5) is 5.69 Å². The van der Waals surface area contributed by atoms with Crippen molar-refractivity contribution in [3.63, 3.8) is 0 Å². The van der Waals surface area contributed by atoms with Crippen LogP contribution in [-0.2, 0) is 20.9 Å². The number of aryl methyl sites for hydroxylation is 1. The number of carbonyl (C=O) groups excluding carboxylic acids is 2. The van der Waals surface area contributed by atoms with Gasteiger partial charge in [0.2, 0.25) is 11.8 Å². The van der Waals surface area contributed by atoms with Crippen LogP contribution in [0.3, 0.4) is 0 Å². The molecule has 158 valence electrons. The molecular weight excluding hydrogens is 382 g/mol. The molecule has 1 aliphatic rings. The zero-order valence-corrected chi connectivity index (χ0v) is 17.1. The molecule has 0 bridgehead atoms. The summed E-state index contributed by atoms with van der Waals surface area (Å²) >= 11 is 0. The van der Waals surface area contributed by atoms with Gasteiger partial charge >= 0.3 is 0 Å². The average Bonchev–Trinajstić information content (AvgIpc) is 3.39. The van der Waals surface area contributed by atoms with Gasteiger partial charge < -0.3 is 19.5 Å². The van der Waals surface area contributed by atoms with Gasteiger partial charge in [0.05, 0.1) is 17.6 Å². The van der Waals surface area contributed by atoms with E-state index in [1.807, 2.05) is 23.2 Å². The number of aromatic amines is 1. The third-order valence-corrected chi connectivity index (χ3v) is 5.65. The molecule has 2 aromatic heterocycles. The molecule has 2 N–H and O–H groups in total. The number of H-pyrrole nitrogens is 1. The number of ether oxygens (including phenoxy) is 1. The second-order valence-electron chi connectivity index (χ2n) is 7.68. The van der Waals surface area contributed by atoms with Gasteiger partial charge in [0, 0.05) is 50.8 Å². The summed E-state index contributed by atoms with van der Waals surface area (Å²) in [5, 5.41) is 11.1. The molecule has 1 atom stereocenters. The summed E-state index contributed by atoms with van der Waals surface area (Å²) in [6, 6.07) is 10.3. The van der Waals surface area contributed by atoms with Crippen molar-refractivity contribution >= 4 is 28.4 Å². The van der Waals surface area contributed by atoms with Crippen LogP contribution in [0.1, 0.15) is 30.9 Å². The van der Waals surface area contributed by atoms with Gasteiger partial charge in [-0.3, -0.25) is 14.7 Å². The number of piperidine rings is 1. The maximum absolute atomic E-state index is 12.9. The van der Waals surface area contributed by atoms with Gasteiger partial charge in [-0.2, -0.15) is 5.10 Å². The topological polar surface area (TPSA) is 92.2 Å². The molecule has 1 aromatic carbocycles. The Morgan fingerprint density at radius 3 is 3.03 bits per heavy atom. The van der Waals surface area contributed by atoms with Crippen LogP contribution < -0.4 is 5.32 Å². The van der Waals surface area contributed by atoms with E-state index >= 15 is 0 Å². The second-order valence-corrected chi connectivity index (χ2v) is 7.68. The van der Waals surface area contributed by atoms with Crippen LogP contribution in [0.15, 0.2) is 42.7 Å². The van der Waals surface area contributed by atoms with Crippen LogP contribution >= 0.6 is 0 Å². The number of anilines is 1. The maximum Gasteiger partial charge on any atom is 0.250 e. The molecular formula is C22H27N5O3. The number of likely N-dealkylation sites (tertiary alicyclic amines) is 1. The summed E-state index contributed by atoms with van der Waals surface area (Å²) in [6.07, 6.45) is 5.98. The fraction of sp³-hybridized carbons (Fsp3) is 0.409. The molecule has 8 heteroatoms. The quantitative estimate of drug-likeness (QED) is 0.628. The minimum atomic E-state index is -0.220. The molecule has 0 saturated carbocycles. The molecule has 3 heterocycles. The lowest BCUT2D eigenvalue weighted by Crippen LogP contribution is -2.39. The summed E-state index contributed by atoms with van der Waals surface area (Å²) < 4.78 is 7.00. The highest BCUT2D eigenvalue weighted by atomic mass is 16.5. The van der Waals surface area contributed by atoms with Gasteiger partial charge in [-0.25, -0.2) is 0 Å². The van der Waals surface area contributed by atoms with Crippen LogP contribution in [0.25, 0.3) is 10.9 Å². The van der Waals surface area contributed by atoms with E-state index in [1.54, 1.807) is 6.20 Å². The molecule has 30 heavy (non-hydrogen) atoms. The van der Waals surface area contributed by atoms with Crippen molar-refractivity contribution in [2.75, 3.05) is 32.1 Å². The second kappa shape index (κ2) is 9.13. The maximum atomic E-state index is 12.9. The monoisotopic (exact) mass is 409 g/mol. The predicted octanol–water partition coefficient (Wildman–Crippen LogP) is 2.75. The average molecular weight is 409 g/mol. The summed E-state index contributed by atoms with van der Waals surface area (Å²) in [4.78, 5) is 26.7. The number of rotatable bonds is 7. The summed E-state index contributed by atoms with van der Waals surface area (Å²) in [6.45, 7) is 2.05. The van der Waals surface area contributed by atoms with Gasteiger partial charge in [0.25, 0.3) is 0 Å². The number of aromatic nitrogens is 3. The van der Waals surface area contributed by atoms with Crippen LogP contribution in [0, 0.1) is 0 Å². The van der Waals surface area contributed by atoms with Gasteiger partial charge in [-0.15, -0.1) is 0 Å². The molecule has 4 rings (SSSR count). The Morgan fingerprint density at radius 1 is 1.30 bits per heavy atom. The van der Waals surface area contributed by atoms with Gasteiger partial charge in [0.15, 0.2) is 0 Å². The number of amides is 2. The Balaban J connectivity index is 1.37. The van der Waals surface area contributed by atoms with E-state index in [2.05, 4.69) is 38.3 Å². The molecule has 0 aliphatic carbocycles. The lowest BCUT2D eigenvalue weighted by atomic mass is 9.93. The Bertz CT molecular complexity index is 1020. The van der Waals surface area contributed by atoms with E-state index in [4.69, 9.17) is 4.74 Å². The van der Waals surface area contributed by atoms with Crippen molar-refractivity contribution < 1.29 is 14.3 Å². The van der Waals surface area contributed by atoms with E-state index in [-0.39, 0.29) is 24.3 Å². The molecule has 0 unspecified atom stereocenters. The number of methoxy groups -OCH3 is 1. The summed E-state index contributed by atoms with van der Waals surface area (Å²) in [7, 11) is 1.48. The van der Waals surface area contributed by atoms with Crippen LogP contribution in [-0.4, -0.2) is 58.3 Å². The SMILES string of the molecule is COCC(=O)Nc1cn[nH]c1[C@@H]1CCCN(C(=O)CCn2ccc3ccccc32)C1.